The Morgan fingerprint density at radius 2 is 1.94 bits per heavy atom. The first kappa shape index (κ1) is 14.0. The summed E-state index contributed by atoms with van der Waals surface area (Å²) < 4.78 is 5.29. The highest BCUT2D eigenvalue weighted by Gasteiger charge is 1.96. The maximum Gasteiger partial charge on any atom is 0.119 e. The quantitative estimate of drug-likeness (QED) is 0.655. The first-order valence-electron chi connectivity index (χ1n) is 5.90. The fourth-order valence-electron chi connectivity index (χ4n) is 1.40. The second-order valence-electron chi connectivity index (χ2n) is 4.20. The number of hydrogen-bond donors (Lipinski definition) is 2. The molecule has 4 nitrogen and oxygen atoms in total. The summed E-state index contributed by atoms with van der Waals surface area (Å²) in [4.78, 5) is 2.15. The van der Waals surface area contributed by atoms with E-state index in [0.717, 1.165) is 25.4 Å². The van der Waals surface area contributed by atoms with Gasteiger partial charge in [0.1, 0.15) is 12.4 Å². The van der Waals surface area contributed by atoms with E-state index in [1.807, 2.05) is 24.3 Å². The zero-order valence-electron chi connectivity index (χ0n) is 10.6. The van der Waals surface area contributed by atoms with E-state index in [0.29, 0.717) is 6.61 Å². The maximum absolute atomic E-state index is 8.63. The van der Waals surface area contributed by atoms with Gasteiger partial charge in [-0.05, 0) is 31.8 Å². The Morgan fingerprint density at radius 1 is 1.24 bits per heavy atom. The minimum atomic E-state index is 0.0494. The lowest BCUT2D eigenvalue weighted by atomic mass is 10.2. The first-order chi connectivity index (χ1) is 8.22. The van der Waals surface area contributed by atoms with Crippen molar-refractivity contribution >= 4 is 0 Å². The lowest BCUT2D eigenvalue weighted by Crippen LogP contribution is -2.26. The van der Waals surface area contributed by atoms with Gasteiger partial charge in [0.15, 0.2) is 0 Å². The van der Waals surface area contributed by atoms with Gasteiger partial charge in [-0.2, -0.15) is 0 Å². The number of nitrogens with zero attached hydrogens (tertiary/aromatic N) is 1. The third-order valence-electron chi connectivity index (χ3n) is 2.35. The van der Waals surface area contributed by atoms with Crippen LogP contribution in [-0.4, -0.2) is 50.4 Å². The van der Waals surface area contributed by atoms with Crippen LogP contribution in [0.5, 0.6) is 5.75 Å². The standard InChI is InChI=1S/C13H22N2O2/c1-15(2)8-7-14-11-12-3-5-13(6-4-12)17-10-9-16/h3-6,14,16H,7-11H2,1-2H3. The summed E-state index contributed by atoms with van der Waals surface area (Å²) in [7, 11) is 4.13. The number of rotatable bonds is 8. The number of aliphatic hydroxyl groups excluding tert-OH is 1. The molecule has 1 aromatic rings. The van der Waals surface area contributed by atoms with Gasteiger partial charge in [0.05, 0.1) is 6.61 Å². The van der Waals surface area contributed by atoms with Gasteiger partial charge in [0.25, 0.3) is 0 Å². The molecular weight excluding hydrogens is 216 g/mol. The summed E-state index contributed by atoms with van der Waals surface area (Å²) >= 11 is 0. The van der Waals surface area contributed by atoms with Crippen molar-refractivity contribution < 1.29 is 9.84 Å². The van der Waals surface area contributed by atoms with Gasteiger partial charge in [-0.25, -0.2) is 0 Å². The number of benzene rings is 1. The summed E-state index contributed by atoms with van der Waals surface area (Å²) in [6, 6.07) is 7.93. The number of hydrogen-bond acceptors (Lipinski definition) is 4. The summed E-state index contributed by atoms with van der Waals surface area (Å²) in [5.41, 5.74) is 1.24. The van der Waals surface area contributed by atoms with E-state index >= 15 is 0 Å². The van der Waals surface area contributed by atoms with Crippen LogP contribution in [0.15, 0.2) is 24.3 Å². The number of aliphatic hydroxyl groups is 1. The Balaban J connectivity index is 2.25. The Labute approximate surface area is 103 Å². The van der Waals surface area contributed by atoms with Crippen LogP contribution >= 0.6 is 0 Å². The van der Waals surface area contributed by atoms with Crippen LogP contribution in [0.3, 0.4) is 0 Å². The molecule has 2 N–H and O–H groups in total. The molecule has 0 spiro atoms. The molecule has 17 heavy (non-hydrogen) atoms. The highest BCUT2D eigenvalue weighted by Crippen LogP contribution is 2.11. The molecule has 1 aromatic carbocycles. The van der Waals surface area contributed by atoms with Crippen LogP contribution in [0.25, 0.3) is 0 Å². The zero-order valence-corrected chi connectivity index (χ0v) is 10.6. The Morgan fingerprint density at radius 3 is 2.53 bits per heavy atom. The van der Waals surface area contributed by atoms with E-state index in [2.05, 4.69) is 24.3 Å². The van der Waals surface area contributed by atoms with Crippen molar-refractivity contribution in [2.75, 3.05) is 40.4 Å². The Bertz CT molecular complexity index is 299. The molecule has 0 heterocycles. The van der Waals surface area contributed by atoms with E-state index in [-0.39, 0.29) is 6.61 Å². The lowest BCUT2D eigenvalue weighted by molar-refractivity contribution is 0.201. The lowest BCUT2D eigenvalue weighted by Gasteiger charge is -2.10. The van der Waals surface area contributed by atoms with E-state index in [4.69, 9.17) is 9.84 Å². The van der Waals surface area contributed by atoms with Gasteiger partial charge < -0.3 is 20.1 Å². The van der Waals surface area contributed by atoms with Crippen molar-refractivity contribution in [3.8, 4) is 5.75 Å². The second-order valence-corrected chi connectivity index (χ2v) is 4.20. The molecule has 0 saturated heterocycles. The molecule has 0 aliphatic rings. The SMILES string of the molecule is CN(C)CCNCc1ccc(OCCO)cc1. The van der Waals surface area contributed by atoms with Gasteiger partial charge in [-0.3, -0.25) is 0 Å². The molecule has 0 saturated carbocycles. The van der Waals surface area contributed by atoms with E-state index < -0.39 is 0 Å². The van der Waals surface area contributed by atoms with Crippen molar-refractivity contribution in [3.63, 3.8) is 0 Å². The maximum atomic E-state index is 8.63. The molecule has 0 bridgehead atoms. The van der Waals surface area contributed by atoms with Crippen LogP contribution in [-0.2, 0) is 6.54 Å². The molecule has 0 radical (unpaired) electrons. The average Bonchev–Trinajstić information content (AvgIpc) is 2.33. The van der Waals surface area contributed by atoms with Crippen molar-refractivity contribution in [3.05, 3.63) is 29.8 Å². The normalized spacial score (nSPS) is 10.8. The molecule has 0 unspecified atom stereocenters. The third kappa shape index (κ3) is 6.26. The molecule has 0 fully saturated rings. The van der Waals surface area contributed by atoms with Crippen molar-refractivity contribution in [2.45, 2.75) is 6.54 Å². The summed E-state index contributed by atoms with van der Waals surface area (Å²) in [6.07, 6.45) is 0. The molecule has 1 rings (SSSR count). The number of likely N-dealkylation sites (N-methyl/N-ethyl adjacent to an activating group) is 1. The van der Waals surface area contributed by atoms with Crippen LogP contribution in [0.2, 0.25) is 0 Å². The minimum absolute atomic E-state index is 0.0494. The van der Waals surface area contributed by atoms with E-state index in [1.54, 1.807) is 0 Å². The third-order valence-corrected chi connectivity index (χ3v) is 2.35. The molecule has 0 aromatic heterocycles. The van der Waals surface area contributed by atoms with Crippen molar-refractivity contribution in [1.82, 2.24) is 10.2 Å². The van der Waals surface area contributed by atoms with Crippen LogP contribution in [0.1, 0.15) is 5.56 Å². The molecule has 4 heteroatoms. The largest absolute Gasteiger partial charge is 0.491 e. The molecule has 0 atom stereocenters. The van der Waals surface area contributed by atoms with E-state index in [1.165, 1.54) is 5.56 Å². The molecule has 0 aliphatic carbocycles. The Hall–Kier alpha value is -1.10. The van der Waals surface area contributed by atoms with Crippen LogP contribution < -0.4 is 10.1 Å². The number of nitrogens with one attached hydrogen (secondary N) is 1. The topological polar surface area (TPSA) is 44.7 Å². The van der Waals surface area contributed by atoms with Crippen molar-refractivity contribution in [1.29, 1.82) is 0 Å². The molecular formula is C13H22N2O2. The number of ether oxygens (including phenoxy) is 1. The first-order valence-corrected chi connectivity index (χ1v) is 5.90. The predicted octanol–water partition coefficient (Wildman–Crippen LogP) is 0.709. The monoisotopic (exact) mass is 238 g/mol. The predicted molar refractivity (Wildman–Crippen MR) is 69.3 cm³/mol. The molecule has 0 aliphatic heterocycles. The van der Waals surface area contributed by atoms with Gasteiger partial charge >= 0.3 is 0 Å². The fraction of sp³-hybridized carbons (Fsp3) is 0.538. The summed E-state index contributed by atoms with van der Waals surface area (Å²) in [5.74, 6) is 0.802. The minimum Gasteiger partial charge on any atom is -0.491 e. The molecule has 96 valence electrons. The highest BCUT2D eigenvalue weighted by molar-refractivity contribution is 5.27. The second kappa shape index (κ2) is 8.06. The van der Waals surface area contributed by atoms with Gasteiger partial charge in [0.2, 0.25) is 0 Å². The van der Waals surface area contributed by atoms with Gasteiger partial charge in [-0.1, -0.05) is 12.1 Å². The zero-order chi connectivity index (χ0) is 12.5. The fourth-order valence-corrected chi connectivity index (χ4v) is 1.40. The smallest absolute Gasteiger partial charge is 0.119 e. The summed E-state index contributed by atoms with van der Waals surface area (Å²) in [5, 5.41) is 12.0. The highest BCUT2D eigenvalue weighted by atomic mass is 16.5. The summed E-state index contributed by atoms with van der Waals surface area (Å²) in [6.45, 7) is 3.29. The van der Waals surface area contributed by atoms with Gasteiger partial charge in [-0.15, -0.1) is 0 Å². The van der Waals surface area contributed by atoms with Crippen molar-refractivity contribution in [2.24, 2.45) is 0 Å². The average molecular weight is 238 g/mol. The van der Waals surface area contributed by atoms with Crippen LogP contribution in [0, 0.1) is 0 Å². The Kier molecular flexibility index (Phi) is 6.62. The van der Waals surface area contributed by atoms with E-state index in [9.17, 15) is 0 Å². The van der Waals surface area contributed by atoms with Crippen LogP contribution in [0.4, 0.5) is 0 Å². The van der Waals surface area contributed by atoms with Gasteiger partial charge in [0, 0.05) is 19.6 Å². The molecule has 0 amide bonds.